The second-order valence-electron chi connectivity index (χ2n) is 4.55. The van der Waals surface area contributed by atoms with E-state index in [1.165, 1.54) is 0 Å². The summed E-state index contributed by atoms with van der Waals surface area (Å²) in [4.78, 5) is 11.2. The molecule has 0 aliphatic rings. The Morgan fingerprint density at radius 3 is 2.45 bits per heavy atom. The summed E-state index contributed by atoms with van der Waals surface area (Å²) in [5.41, 5.74) is 20.2. The van der Waals surface area contributed by atoms with Crippen molar-refractivity contribution < 1.29 is 9.21 Å². The Bertz CT molecular complexity index is 821. The lowest BCUT2D eigenvalue weighted by molar-refractivity contribution is 0.0977. The van der Waals surface area contributed by atoms with Gasteiger partial charge in [-0.15, -0.1) is 0 Å². The average molecular weight is 267 g/mol. The number of nitrogens with two attached hydrogens (primary N) is 3. The van der Waals surface area contributed by atoms with Gasteiger partial charge in [0, 0.05) is 11.1 Å². The highest BCUT2D eigenvalue weighted by molar-refractivity contribution is 6.05. The number of fused-ring (bicyclic) bond motifs is 1. The van der Waals surface area contributed by atoms with Crippen molar-refractivity contribution in [2.24, 2.45) is 5.73 Å². The Hall–Kier alpha value is -2.95. The van der Waals surface area contributed by atoms with E-state index in [9.17, 15) is 4.79 Å². The van der Waals surface area contributed by atoms with Gasteiger partial charge >= 0.3 is 0 Å². The van der Waals surface area contributed by atoms with E-state index in [0.717, 1.165) is 11.1 Å². The molecule has 0 bridgehead atoms. The summed E-state index contributed by atoms with van der Waals surface area (Å²) in [7, 11) is 0. The monoisotopic (exact) mass is 267 g/mol. The SMILES string of the molecule is NC(=O)c1oc2cc(-c3cccc(N)c3)ccc2c1N. The standard InChI is InChI=1S/C15H13N3O2/c16-10-3-1-2-8(6-10)9-4-5-11-12(7-9)20-14(13(11)17)15(18)19/h1-7H,16-17H2,(H2,18,19). The van der Waals surface area contributed by atoms with Crippen LogP contribution in [0.2, 0.25) is 0 Å². The Morgan fingerprint density at radius 1 is 1.00 bits per heavy atom. The number of carbonyl (C=O) groups excluding carboxylic acids is 1. The summed E-state index contributed by atoms with van der Waals surface area (Å²) < 4.78 is 5.42. The Labute approximate surface area is 115 Å². The van der Waals surface area contributed by atoms with Gasteiger partial charge in [0.15, 0.2) is 0 Å². The van der Waals surface area contributed by atoms with Gasteiger partial charge in [-0.2, -0.15) is 0 Å². The quantitative estimate of drug-likeness (QED) is 0.619. The molecule has 6 N–H and O–H groups in total. The zero-order chi connectivity index (χ0) is 14.3. The molecule has 2 aromatic carbocycles. The predicted molar refractivity (Wildman–Crippen MR) is 79.0 cm³/mol. The number of nitrogen functional groups attached to an aromatic ring is 2. The van der Waals surface area contributed by atoms with Crippen LogP contribution in [0.15, 0.2) is 46.9 Å². The molecule has 5 heteroatoms. The van der Waals surface area contributed by atoms with Gasteiger partial charge in [0.2, 0.25) is 5.76 Å². The van der Waals surface area contributed by atoms with Crippen LogP contribution in [0.3, 0.4) is 0 Å². The molecule has 0 unspecified atom stereocenters. The second-order valence-corrected chi connectivity index (χ2v) is 4.55. The van der Waals surface area contributed by atoms with Crippen molar-refractivity contribution >= 4 is 28.3 Å². The van der Waals surface area contributed by atoms with Crippen molar-refractivity contribution in [2.75, 3.05) is 11.5 Å². The minimum Gasteiger partial charge on any atom is -0.449 e. The number of rotatable bonds is 2. The van der Waals surface area contributed by atoms with Crippen LogP contribution in [0.5, 0.6) is 0 Å². The summed E-state index contributed by atoms with van der Waals surface area (Å²) in [6.07, 6.45) is 0. The van der Waals surface area contributed by atoms with E-state index in [1.54, 1.807) is 6.07 Å². The molecule has 0 aliphatic carbocycles. The van der Waals surface area contributed by atoms with E-state index in [4.69, 9.17) is 21.6 Å². The molecule has 3 aromatic rings. The molecule has 0 atom stereocenters. The highest BCUT2D eigenvalue weighted by Gasteiger charge is 2.16. The number of primary amides is 1. The molecular weight excluding hydrogens is 254 g/mol. The molecule has 0 radical (unpaired) electrons. The summed E-state index contributed by atoms with van der Waals surface area (Å²) in [6.45, 7) is 0. The van der Waals surface area contributed by atoms with E-state index in [1.807, 2.05) is 36.4 Å². The van der Waals surface area contributed by atoms with Gasteiger partial charge in [0.1, 0.15) is 5.58 Å². The topological polar surface area (TPSA) is 108 Å². The third-order valence-electron chi connectivity index (χ3n) is 3.17. The first-order valence-electron chi connectivity index (χ1n) is 6.04. The van der Waals surface area contributed by atoms with Crippen molar-refractivity contribution in [1.82, 2.24) is 0 Å². The van der Waals surface area contributed by atoms with E-state index < -0.39 is 5.91 Å². The van der Waals surface area contributed by atoms with E-state index in [-0.39, 0.29) is 11.4 Å². The normalized spacial score (nSPS) is 10.8. The molecule has 0 saturated carbocycles. The van der Waals surface area contributed by atoms with Gasteiger partial charge in [-0.25, -0.2) is 0 Å². The summed E-state index contributed by atoms with van der Waals surface area (Å²) in [5, 5.41) is 0.673. The molecule has 0 aliphatic heterocycles. The van der Waals surface area contributed by atoms with Gasteiger partial charge in [-0.1, -0.05) is 18.2 Å². The number of hydrogen-bond donors (Lipinski definition) is 3. The van der Waals surface area contributed by atoms with Crippen molar-refractivity contribution in [3.05, 3.63) is 48.2 Å². The molecular formula is C15H13N3O2. The fraction of sp³-hybridized carbons (Fsp3) is 0. The highest BCUT2D eigenvalue weighted by Crippen LogP contribution is 2.32. The predicted octanol–water partition coefficient (Wildman–Crippen LogP) is 2.36. The number of furan rings is 1. The van der Waals surface area contributed by atoms with Crippen LogP contribution in [0.25, 0.3) is 22.1 Å². The first-order valence-corrected chi connectivity index (χ1v) is 6.04. The molecule has 0 spiro atoms. The van der Waals surface area contributed by atoms with Gasteiger partial charge in [-0.3, -0.25) is 4.79 Å². The Morgan fingerprint density at radius 2 is 1.75 bits per heavy atom. The minimum absolute atomic E-state index is 0.00951. The number of benzene rings is 2. The van der Waals surface area contributed by atoms with E-state index >= 15 is 0 Å². The summed E-state index contributed by atoms with van der Waals surface area (Å²) in [6, 6.07) is 13.0. The van der Waals surface area contributed by atoms with Gasteiger partial charge in [0.05, 0.1) is 5.69 Å². The van der Waals surface area contributed by atoms with Crippen molar-refractivity contribution in [1.29, 1.82) is 0 Å². The molecule has 100 valence electrons. The fourth-order valence-electron chi connectivity index (χ4n) is 2.20. The maximum absolute atomic E-state index is 11.2. The average Bonchev–Trinajstić information content (AvgIpc) is 2.76. The summed E-state index contributed by atoms with van der Waals surface area (Å²) >= 11 is 0. The zero-order valence-electron chi connectivity index (χ0n) is 10.6. The van der Waals surface area contributed by atoms with Crippen LogP contribution in [0, 0.1) is 0 Å². The van der Waals surface area contributed by atoms with Crippen LogP contribution in [0.4, 0.5) is 11.4 Å². The molecule has 1 heterocycles. The molecule has 0 fully saturated rings. The molecule has 0 saturated heterocycles. The van der Waals surface area contributed by atoms with Crippen molar-refractivity contribution in [3.8, 4) is 11.1 Å². The van der Waals surface area contributed by atoms with Crippen LogP contribution in [-0.2, 0) is 0 Å². The third-order valence-corrected chi connectivity index (χ3v) is 3.17. The Balaban J connectivity index is 2.18. The minimum atomic E-state index is -0.677. The fourth-order valence-corrected chi connectivity index (χ4v) is 2.20. The van der Waals surface area contributed by atoms with Crippen LogP contribution in [-0.4, -0.2) is 5.91 Å². The van der Waals surface area contributed by atoms with Crippen LogP contribution in [0.1, 0.15) is 10.6 Å². The Kier molecular flexibility index (Phi) is 2.61. The number of anilines is 2. The lowest BCUT2D eigenvalue weighted by Gasteiger charge is -2.02. The highest BCUT2D eigenvalue weighted by atomic mass is 16.3. The van der Waals surface area contributed by atoms with Crippen LogP contribution < -0.4 is 17.2 Å². The zero-order valence-corrected chi connectivity index (χ0v) is 10.6. The lowest BCUT2D eigenvalue weighted by atomic mass is 10.0. The number of amides is 1. The molecule has 20 heavy (non-hydrogen) atoms. The van der Waals surface area contributed by atoms with Crippen molar-refractivity contribution in [3.63, 3.8) is 0 Å². The van der Waals surface area contributed by atoms with Crippen LogP contribution >= 0.6 is 0 Å². The smallest absolute Gasteiger partial charge is 0.286 e. The van der Waals surface area contributed by atoms with Gasteiger partial charge in [0.25, 0.3) is 5.91 Å². The molecule has 1 amide bonds. The third kappa shape index (κ3) is 1.85. The lowest BCUT2D eigenvalue weighted by Crippen LogP contribution is -2.11. The van der Waals surface area contributed by atoms with Gasteiger partial charge < -0.3 is 21.6 Å². The molecule has 1 aromatic heterocycles. The number of hydrogen-bond acceptors (Lipinski definition) is 4. The second kappa shape index (κ2) is 4.31. The molecule has 3 rings (SSSR count). The van der Waals surface area contributed by atoms with Gasteiger partial charge in [-0.05, 0) is 35.4 Å². The van der Waals surface area contributed by atoms with Crippen molar-refractivity contribution in [2.45, 2.75) is 0 Å². The largest absolute Gasteiger partial charge is 0.449 e. The van der Waals surface area contributed by atoms with E-state index in [2.05, 4.69) is 0 Å². The molecule has 5 nitrogen and oxygen atoms in total. The first kappa shape index (κ1) is 12.1. The first-order chi connectivity index (χ1) is 9.56. The maximum atomic E-state index is 11.2. The summed E-state index contributed by atoms with van der Waals surface area (Å²) in [5.74, 6) is -0.686. The number of carbonyl (C=O) groups is 1. The maximum Gasteiger partial charge on any atom is 0.286 e. The van der Waals surface area contributed by atoms with E-state index in [0.29, 0.717) is 16.7 Å².